The van der Waals surface area contributed by atoms with Crippen LogP contribution in [0.15, 0.2) is 29.4 Å². The van der Waals surface area contributed by atoms with Crippen LogP contribution in [-0.4, -0.2) is 16.7 Å². The summed E-state index contributed by atoms with van der Waals surface area (Å²) in [5.41, 5.74) is 1.88. The molecule has 0 saturated heterocycles. The lowest BCUT2D eigenvalue weighted by Crippen LogP contribution is -2.07. The van der Waals surface area contributed by atoms with Gasteiger partial charge in [0, 0.05) is 12.0 Å². The predicted molar refractivity (Wildman–Crippen MR) is 43.5 cm³/mol. The highest BCUT2D eigenvalue weighted by Crippen LogP contribution is 2.19. The highest BCUT2D eigenvalue weighted by molar-refractivity contribution is 6.49. The molecular weight excluding hydrogens is 154 g/mol. The molecule has 0 unspecified atom stereocenters. The first kappa shape index (κ1) is 7.03. The van der Waals surface area contributed by atoms with Crippen molar-refractivity contribution in [3.05, 3.63) is 35.4 Å². The quantitative estimate of drug-likeness (QED) is 0.455. The van der Waals surface area contributed by atoms with Crippen molar-refractivity contribution in [3.63, 3.8) is 0 Å². The molecule has 1 aromatic carbocycles. The molecule has 0 amide bonds. The number of fused-ring (bicyclic) bond motifs is 1. The molecule has 0 aromatic heterocycles. The van der Waals surface area contributed by atoms with Crippen molar-refractivity contribution in [2.45, 2.75) is 6.42 Å². The molecule has 0 fully saturated rings. The first-order chi connectivity index (χ1) is 5.83. The summed E-state index contributed by atoms with van der Waals surface area (Å²) in [5, 5.41) is 11.5. The van der Waals surface area contributed by atoms with Gasteiger partial charge in [-0.25, -0.2) is 0 Å². The number of ketones is 1. The first-order valence-corrected chi connectivity index (χ1v) is 3.66. The van der Waals surface area contributed by atoms with Crippen LogP contribution in [0.5, 0.6) is 0 Å². The number of nitrogens with zero attached hydrogens (tertiary/aromatic N) is 1. The van der Waals surface area contributed by atoms with Gasteiger partial charge in [-0.3, -0.25) is 4.79 Å². The number of rotatable bonds is 0. The lowest BCUT2D eigenvalue weighted by molar-refractivity contribution is -0.112. The molecule has 1 aliphatic rings. The van der Waals surface area contributed by atoms with E-state index in [2.05, 4.69) is 5.16 Å². The lowest BCUT2D eigenvalue weighted by Gasteiger charge is -1.93. The van der Waals surface area contributed by atoms with Gasteiger partial charge < -0.3 is 5.21 Å². The van der Waals surface area contributed by atoms with Crippen molar-refractivity contribution in [1.29, 1.82) is 0 Å². The molecule has 1 aliphatic carbocycles. The zero-order chi connectivity index (χ0) is 8.55. The summed E-state index contributed by atoms with van der Waals surface area (Å²) in [6.45, 7) is 0. The van der Waals surface area contributed by atoms with E-state index < -0.39 is 0 Å². The van der Waals surface area contributed by atoms with Crippen LogP contribution < -0.4 is 0 Å². The van der Waals surface area contributed by atoms with Crippen LogP contribution in [0, 0.1) is 0 Å². The number of Topliss-reactive ketones (excluding diaryl/α,β-unsaturated/α-hetero) is 1. The Kier molecular flexibility index (Phi) is 1.43. The number of carbonyl (C=O) groups excluding carboxylic acids is 1. The van der Waals surface area contributed by atoms with E-state index in [1.807, 2.05) is 18.2 Å². The van der Waals surface area contributed by atoms with Crippen molar-refractivity contribution in [1.82, 2.24) is 0 Å². The maximum Gasteiger partial charge on any atom is 0.189 e. The fraction of sp³-hybridized carbons (Fsp3) is 0.111. The van der Waals surface area contributed by atoms with Gasteiger partial charge in [-0.05, 0) is 5.56 Å². The van der Waals surface area contributed by atoms with Gasteiger partial charge in [0.15, 0.2) is 11.5 Å². The summed E-state index contributed by atoms with van der Waals surface area (Å²) in [4.78, 5) is 11.2. The third kappa shape index (κ3) is 0.830. The number of oxime groups is 1. The van der Waals surface area contributed by atoms with Crippen molar-refractivity contribution in [2.75, 3.05) is 0 Å². The van der Waals surface area contributed by atoms with Crippen LogP contribution in [0.4, 0.5) is 0 Å². The summed E-state index contributed by atoms with van der Waals surface area (Å²) in [6.07, 6.45) is 0.357. The molecule has 0 bridgehead atoms. The van der Waals surface area contributed by atoms with Crippen LogP contribution in [0.25, 0.3) is 0 Å². The topological polar surface area (TPSA) is 49.7 Å². The second-order valence-electron chi connectivity index (χ2n) is 2.71. The standard InChI is InChI=1S/C9H7NO2/c11-8-5-6-3-1-2-4-7(6)9(8)10-12/h1-4,12H,5H2. The fourth-order valence-corrected chi connectivity index (χ4v) is 1.42. The number of carbonyl (C=O) groups is 1. The molecule has 0 spiro atoms. The van der Waals surface area contributed by atoms with E-state index in [9.17, 15) is 4.79 Å². The van der Waals surface area contributed by atoms with Gasteiger partial charge in [0.2, 0.25) is 0 Å². The molecule has 2 rings (SSSR count). The van der Waals surface area contributed by atoms with E-state index in [1.165, 1.54) is 0 Å². The van der Waals surface area contributed by atoms with Gasteiger partial charge in [-0.15, -0.1) is 0 Å². The number of benzene rings is 1. The van der Waals surface area contributed by atoms with Gasteiger partial charge in [0.25, 0.3) is 0 Å². The van der Waals surface area contributed by atoms with Crippen LogP contribution >= 0.6 is 0 Å². The largest absolute Gasteiger partial charge is 0.410 e. The van der Waals surface area contributed by atoms with Crippen molar-refractivity contribution in [2.24, 2.45) is 5.16 Å². The van der Waals surface area contributed by atoms with Crippen LogP contribution in [0.1, 0.15) is 11.1 Å². The van der Waals surface area contributed by atoms with E-state index in [0.717, 1.165) is 11.1 Å². The van der Waals surface area contributed by atoms with Gasteiger partial charge in [-0.1, -0.05) is 29.4 Å². The zero-order valence-electron chi connectivity index (χ0n) is 6.32. The smallest absolute Gasteiger partial charge is 0.189 e. The summed E-state index contributed by atoms with van der Waals surface area (Å²) < 4.78 is 0. The Morgan fingerprint density at radius 3 is 2.83 bits per heavy atom. The lowest BCUT2D eigenvalue weighted by atomic mass is 10.1. The SMILES string of the molecule is O=C1Cc2ccccc2C1=NO. The van der Waals surface area contributed by atoms with E-state index in [0.29, 0.717) is 6.42 Å². The van der Waals surface area contributed by atoms with E-state index in [1.54, 1.807) is 6.07 Å². The summed E-state index contributed by atoms with van der Waals surface area (Å²) in [6, 6.07) is 7.34. The monoisotopic (exact) mass is 161 g/mol. The normalized spacial score (nSPS) is 18.3. The molecule has 0 radical (unpaired) electrons. The minimum absolute atomic E-state index is 0.112. The summed E-state index contributed by atoms with van der Waals surface area (Å²) >= 11 is 0. The first-order valence-electron chi connectivity index (χ1n) is 3.66. The third-order valence-electron chi connectivity index (χ3n) is 1.99. The Bertz CT molecular complexity index is 369. The molecular formula is C9H7NO2. The average Bonchev–Trinajstić information content (AvgIpc) is 2.40. The third-order valence-corrected chi connectivity index (χ3v) is 1.99. The Morgan fingerprint density at radius 2 is 2.08 bits per heavy atom. The molecule has 1 N–H and O–H groups in total. The van der Waals surface area contributed by atoms with E-state index in [-0.39, 0.29) is 11.5 Å². The summed E-state index contributed by atoms with van der Waals surface area (Å²) in [7, 11) is 0. The minimum Gasteiger partial charge on any atom is -0.410 e. The Hall–Kier alpha value is -1.64. The Balaban J connectivity index is 2.62. The number of hydrogen-bond donors (Lipinski definition) is 1. The van der Waals surface area contributed by atoms with Crippen LogP contribution in [0.2, 0.25) is 0 Å². The molecule has 0 atom stereocenters. The fourth-order valence-electron chi connectivity index (χ4n) is 1.42. The van der Waals surface area contributed by atoms with Crippen LogP contribution in [0.3, 0.4) is 0 Å². The zero-order valence-corrected chi connectivity index (χ0v) is 6.32. The minimum atomic E-state index is -0.112. The van der Waals surface area contributed by atoms with E-state index >= 15 is 0 Å². The molecule has 0 aliphatic heterocycles. The average molecular weight is 161 g/mol. The Labute approximate surface area is 69.3 Å². The molecule has 0 heterocycles. The van der Waals surface area contributed by atoms with Crippen molar-refractivity contribution < 1.29 is 10.0 Å². The molecule has 12 heavy (non-hydrogen) atoms. The molecule has 3 nitrogen and oxygen atoms in total. The molecule has 1 aromatic rings. The Morgan fingerprint density at radius 1 is 1.33 bits per heavy atom. The van der Waals surface area contributed by atoms with Crippen molar-refractivity contribution in [3.8, 4) is 0 Å². The predicted octanol–water partition coefficient (Wildman–Crippen LogP) is 0.990. The number of hydrogen-bond acceptors (Lipinski definition) is 3. The molecule has 60 valence electrons. The molecule has 3 heteroatoms. The summed E-state index contributed by atoms with van der Waals surface area (Å²) in [5.74, 6) is -0.112. The van der Waals surface area contributed by atoms with Crippen molar-refractivity contribution >= 4 is 11.5 Å². The second-order valence-corrected chi connectivity index (χ2v) is 2.71. The highest BCUT2D eigenvalue weighted by atomic mass is 16.4. The van der Waals surface area contributed by atoms with Crippen LogP contribution in [-0.2, 0) is 11.2 Å². The maximum atomic E-state index is 11.2. The molecule has 0 saturated carbocycles. The maximum absolute atomic E-state index is 11.2. The van der Waals surface area contributed by atoms with Gasteiger partial charge in [0.05, 0.1) is 0 Å². The van der Waals surface area contributed by atoms with Gasteiger partial charge in [-0.2, -0.15) is 0 Å². The second kappa shape index (κ2) is 2.44. The highest BCUT2D eigenvalue weighted by Gasteiger charge is 2.25. The van der Waals surface area contributed by atoms with Gasteiger partial charge >= 0.3 is 0 Å². The van der Waals surface area contributed by atoms with E-state index in [4.69, 9.17) is 5.21 Å². The van der Waals surface area contributed by atoms with Gasteiger partial charge in [0.1, 0.15) is 0 Å².